The second-order valence-electron chi connectivity index (χ2n) is 7.97. The zero-order valence-electron chi connectivity index (χ0n) is 19.4. The maximum absolute atomic E-state index is 12.0. The van der Waals surface area contributed by atoms with Crippen LogP contribution in [0.1, 0.15) is 110 Å². The zero-order valence-corrected chi connectivity index (χ0v) is 20.3. The molecule has 0 fully saturated rings. The summed E-state index contributed by atoms with van der Waals surface area (Å²) in [5.41, 5.74) is 0. The summed E-state index contributed by atoms with van der Waals surface area (Å²) in [6, 6.07) is 0. The van der Waals surface area contributed by atoms with Crippen molar-refractivity contribution in [2.75, 3.05) is 13.2 Å². The van der Waals surface area contributed by atoms with Gasteiger partial charge in [-0.3, -0.25) is 14.1 Å². The van der Waals surface area contributed by atoms with E-state index in [1.54, 1.807) is 0 Å². The predicted molar refractivity (Wildman–Crippen MR) is 119 cm³/mol. The van der Waals surface area contributed by atoms with Gasteiger partial charge in [0.1, 0.15) is 6.61 Å². The second-order valence-corrected chi connectivity index (χ2v) is 9.21. The molecule has 0 spiro atoms. The zero-order chi connectivity index (χ0) is 23.4. The van der Waals surface area contributed by atoms with Crippen molar-refractivity contribution in [3.63, 3.8) is 0 Å². The van der Waals surface area contributed by atoms with E-state index in [0.29, 0.717) is 6.42 Å². The molecule has 0 amide bonds. The van der Waals surface area contributed by atoms with Crippen molar-refractivity contribution >= 4 is 19.8 Å². The van der Waals surface area contributed by atoms with Crippen molar-refractivity contribution in [3.8, 4) is 0 Å². The highest BCUT2D eigenvalue weighted by Gasteiger charge is 2.22. The van der Waals surface area contributed by atoms with E-state index >= 15 is 0 Å². The van der Waals surface area contributed by atoms with Crippen LogP contribution in [0.2, 0.25) is 0 Å². The summed E-state index contributed by atoms with van der Waals surface area (Å²) in [5, 5.41) is 0. The van der Waals surface area contributed by atoms with E-state index in [2.05, 4.69) is 18.4 Å². The Bertz CT molecular complexity index is 506. The lowest BCUT2D eigenvalue weighted by molar-refractivity contribution is -0.161. The van der Waals surface area contributed by atoms with Gasteiger partial charge in [-0.2, -0.15) is 0 Å². The van der Waals surface area contributed by atoms with E-state index in [9.17, 15) is 14.2 Å². The summed E-state index contributed by atoms with van der Waals surface area (Å²) in [4.78, 5) is 41.7. The minimum atomic E-state index is -4.71. The average molecular weight is 467 g/mol. The molecule has 0 aliphatic rings. The van der Waals surface area contributed by atoms with E-state index in [0.717, 1.165) is 44.9 Å². The van der Waals surface area contributed by atoms with Crippen molar-refractivity contribution in [3.05, 3.63) is 0 Å². The molecule has 0 heterocycles. The van der Waals surface area contributed by atoms with Gasteiger partial charge in [0.05, 0.1) is 6.61 Å². The first-order valence-corrected chi connectivity index (χ1v) is 13.4. The summed E-state index contributed by atoms with van der Waals surface area (Å²) in [6.45, 7) is 3.49. The molecule has 31 heavy (non-hydrogen) atoms. The quantitative estimate of drug-likeness (QED) is 0.130. The van der Waals surface area contributed by atoms with Gasteiger partial charge >= 0.3 is 19.8 Å². The molecule has 0 unspecified atom stereocenters. The molecule has 0 aromatic heterocycles. The van der Waals surface area contributed by atoms with E-state index in [-0.39, 0.29) is 19.4 Å². The summed E-state index contributed by atoms with van der Waals surface area (Å²) < 4.78 is 25.7. The standard InChI is InChI=1S/C22H43O8P/c1-3-5-7-9-11-13-14-16-21(23)28-18-20(19-29-31(25,26)27)30-22(24)17-15-12-10-8-6-4-2/h20H,3-19H2,1-2H3,(H2,25,26,27)/t20-/m1/s1. The third kappa shape index (κ3) is 22.0. The van der Waals surface area contributed by atoms with Crippen LogP contribution in [0.25, 0.3) is 0 Å². The van der Waals surface area contributed by atoms with Gasteiger partial charge in [-0.25, -0.2) is 4.57 Å². The molecule has 184 valence electrons. The Kier molecular flexibility index (Phi) is 19.1. The van der Waals surface area contributed by atoms with Crippen LogP contribution in [0.15, 0.2) is 0 Å². The van der Waals surface area contributed by atoms with Crippen LogP contribution in [0.5, 0.6) is 0 Å². The van der Waals surface area contributed by atoms with Crippen LogP contribution in [0.4, 0.5) is 0 Å². The predicted octanol–water partition coefficient (Wildman–Crippen LogP) is 5.44. The Morgan fingerprint density at radius 3 is 1.65 bits per heavy atom. The van der Waals surface area contributed by atoms with Gasteiger partial charge in [-0.15, -0.1) is 0 Å². The minimum Gasteiger partial charge on any atom is -0.462 e. The first-order chi connectivity index (χ1) is 14.8. The lowest BCUT2D eigenvalue weighted by Gasteiger charge is -2.18. The highest BCUT2D eigenvalue weighted by molar-refractivity contribution is 7.46. The van der Waals surface area contributed by atoms with Gasteiger partial charge in [0, 0.05) is 12.8 Å². The Labute approximate surface area is 187 Å². The third-order valence-corrected chi connectivity index (χ3v) is 5.36. The van der Waals surface area contributed by atoms with Gasteiger partial charge in [0.2, 0.25) is 0 Å². The molecule has 0 rings (SSSR count). The first-order valence-electron chi connectivity index (χ1n) is 11.8. The van der Waals surface area contributed by atoms with E-state index in [1.807, 2.05) is 0 Å². The lowest BCUT2D eigenvalue weighted by atomic mass is 10.1. The fourth-order valence-corrected chi connectivity index (χ4v) is 3.44. The van der Waals surface area contributed by atoms with Crippen LogP contribution >= 0.6 is 7.82 Å². The largest absolute Gasteiger partial charge is 0.469 e. The molecule has 1 atom stereocenters. The average Bonchev–Trinajstić information content (AvgIpc) is 2.71. The van der Waals surface area contributed by atoms with Crippen molar-refractivity contribution < 1.29 is 37.9 Å². The van der Waals surface area contributed by atoms with Gasteiger partial charge in [0.15, 0.2) is 6.10 Å². The topological polar surface area (TPSA) is 119 Å². The Hall–Kier alpha value is -0.950. The van der Waals surface area contributed by atoms with Crippen LogP contribution < -0.4 is 0 Å². The number of phosphoric acid groups is 1. The van der Waals surface area contributed by atoms with Crippen LogP contribution in [0.3, 0.4) is 0 Å². The number of hydrogen-bond donors (Lipinski definition) is 2. The molecule has 0 aliphatic carbocycles. The molecule has 0 saturated heterocycles. The maximum Gasteiger partial charge on any atom is 0.469 e. The van der Waals surface area contributed by atoms with E-state index < -0.39 is 32.5 Å². The lowest BCUT2D eigenvalue weighted by Crippen LogP contribution is -2.29. The van der Waals surface area contributed by atoms with Crippen LogP contribution in [-0.2, 0) is 28.2 Å². The second kappa shape index (κ2) is 19.7. The molecule has 0 aromatic rings. The Morgan fingerprint density at radius 2 is 1.16 bits per heavy atom. The fourth-order valence-electron chi connectivity index (χ4n) is 3.08. The van der Waals surface area contributed by atoms with Crippen LogP contribution in [0, 0.1) is 0 Å². The molecular formula is C22H43O8P. The molecule has 2 N–H and O–H groups in total. The highest BCUT2D eigenvalue weighted by Crippen LogP contribution is 2.35. The number of esters is 2. The fraction of sp³-hybridized carbons (Fsp3) is 0.909. The first kappa shape index (κ1) is 30.0. The summed E-state index contributed by atoms with van der Waals surface area (Å²) in [6.07, 6.45) is 13.2. The summed E-state index contributed by atoms with van der Waals surface area (Å²) in [7, 11) is -4.71. The highest BCUT2D eigenvalue weighted by atomic mass is 31.2. The Morgan fingerprint density at radius 1 is 0.710 bits per heavy atom. The molecule has 8 nitrogen and oxygen atoms in total. The van der Waals surface area contributed by atoms with E-state index in [4.69, 9.17) is 19.3 Å². The van der Waals surface area contributed by atoms with Crippen molar-refractivity contribution in [2.24, 2.45) is 0 Å². The SMILES string of the molecule is CCCCCCCCCC(=O)OC[C@H](COP(=O)(O)O)OC(=O)CCCCCCCC. The number of carbonyl (C=O) groups excluding carboxylic acids is 2. The number of rotatable bonds is 21. The molecule has 0 saturated carbocycles. The van der Waals surface area contributed by atoms with Gasteiger partial charge in [-0.05, 0) is 12.8 Å². The van der Waals surface area contributed by atoms with Gasteiger partial charge < -0.3 is 19.3 Å². The van der Waals surface area contributed by atoms with Gasteiger partial charge in [0.25, 0.3) is 0 Å². The minimum absolute atomic E-state index is 0.213. The normalized spacial score (nSPS) is 12.5. The monoisotopic (exact) mass is 466 g/mol. The van der Waals surface area contributed by atoms with E-state index in [1.165, 1.54) is 32.1 Å². The molecule has 9 heteroatoms. The van der Waals surface area contributed by atoms with Crippen LogP contribution in [-0.4, -0.2) is 41.0 Å². The molecule has 0 bridgehead atoms. The van der Waals surface area contributed by atoms with Crippen molar-refractivity contribution in [1.82, 2.24) is 0 Å². The number of ether oxygens (including phenoxy) is 2. The number of hydrogen-bond acceptors (Lipinski definition) is 6. The number of unbranched alkanes of at least 4 members (excludes halogenated alkanes) is 11. The number of carbonyl (C=O) groups is 2. The maximum atomic E-state index is 12.0. The molecular weight excluding hydrogens is 423 g/mol. The molecule has 0 radical (unpaired) electrons. The Balaban J connectivity index is 4.18. The van der Waals surface area contributed by atoms with Crippen molar-refractivity contribution in [2.45, 2.75) is 116 Å². The number of phosphoric ester groups is 1. The van der Waals surface area contributed by atoms with Gasteiger partial charge in [-0.1, -0.05) is 84.5 Å². The third-order valence-electron chi connectivity index (χ3n) is 4.88. The smallest absolute Gasteiger partial charge is 0.462 e. The molecule has 0 aliphatic heterocycles. The summed E-state index contributed by atoms with van der Waals surface area (Å²) in [5.74, 6) is -0.903. The molecule has 0 aromatic carbocycles. The summed E-state index contributed by atoms with van der Waals surface area (Å²) >= 11 is 0. The van der Waals surface area contributed by atoms with Crippen molar-refractivity contribution in [1.29, 1.82) is 0 Å².